The maximum atomic E-state index is 13.0. The Morgan fingerprint density at radius 2 is 1.87 bits per heavy atom. The summed E-state index contributed by atoms with van der Waals surface area (Å²) >= 11 is 0. The highest BCUT2D eigenvalue weighted by atomic mass is 16.5. The van der Waals surface area contributed by atoms with Gasteiger partial charge in [-0.25, -0.2) is 19.9 Å². The van der Waals surface area contributed by atoms with Crippen LogP contribution in [0.3, 0.4) is 0 Å². The van der Waals surface area contributed by atoms with E-state index in [0.717, 1.165) is 36.3 Å². The molecular formula is C22H22N6O2. The lowest BCUT2D eigenvalue weighted by Gasteiger charge is -2.44. The average molecular weight is 402 g/mol. The van der Waals surface area contributed by atoms with Crippen molar-refractivity contribution in [3.8, 4) is 11.5 Å². The minimum absolute atomic E-state index is 0.0627. The van der Waals surface area contributed by atoms with Crippen molar-refractivity contribution in [3.63, 3.8) is 0 Å². The van der Waals surface area contributed by atoms with Gasteiger partial charge in [0, 0.05) is 37.9 Å². The minimum Gasteiger partial charge on any atom is -0.368 e. The summed E-state index contributed by atoms with van der Waals surface area (Å²) in [4.78, 5) is 36.7. The molecule has 1 amide bonds. The molecule has 2 aliphatic rings. The summed E-state index contributed by atoms with van der Waals surface area (Å²) in [5, 5.41) is 0. The largest absolute Gasteiger partial charge is 0.368 e. The van der Waals surface area contributed by atoms with Gasteiger partial charge in [-0.3, -0.25) is 9.78 Å². The van der Waals surface area contributed by atoms with Gasteiger partial charge in [-0.1, -0.05) is 6.07 Å². The van der Waals surface area contributed by atoms with Gasteiger partial charge in [-0.2, -0.15) is 0 Å². The Balaban J connectivity index is 1.31. The number of piperidine rings is 1. The summed E-state index contributed by atoms with van der Waals surface area (Å²) in [5.74, 6) is 1.20. The van der Waals surface area contributed by atoms with Gasteiger partial charge in [-0.05, 0) is 43.9 Å². The second-order valence-corrected chi connectivity index (χ2v) is 7.69. The Morgan fingerprint density at radius 1 is 1.07 bits per heavy atom. The van der Waals surface area contributed by atoms with E-state index in [-0.39, 0.29) is 5.91 Å². The first kappa shape index (κ1) is 18.7. The summed E-state index contributed by atoms with van der Waals surface area (Å²) < 4.78 is 6.23. The predicted molar refractivity (Wildman–Crippen MR) is 109 cm³/mol. The Bertz CT molecular complexity index is 1060. The topological polar surface area (TPSA) is 94.0 Å². The van der Waals surface area contributed by atoms with E-state index in [1.54, 1.807) is 18.6 Å². The molecule has 30 heavy (non-hydrogen) atoms. The first-order valence-electron chi connectivity index (χ1n) is 10.1. The molecule has 0 aliphatic carbocycles. The lowest BCUT2D eigenvalue weighted by molar-refractivity contribution is -0.0968. The normalized spacial score (nSPS) is 17.6. The van der Waals surface area contributed by atoms with E-state index in [1.165, 1.54) is 0 Å². The zero-order chi connectivity index (χ0) is 20.6. The fourth-order valence-corrected chi connectivity index (χ4v) is 4.20. The second-order valence-electron chi connectivity index (χ2n) is 7.69. The number of likely N-dealkylation sites (tertiary alicyclic amines) is 1. The Kier molecular flexibility index (Phi) is 4.71. The van der Waals surface area contributed by atoms with Crippen molar-refractivity contribution in [2.24, 2.45) is 0 Å². The van der Waals surface area contributed by atoms with Crippen molar-refractivity contribution < 1.29 is 9.53 Å². The molecule has 8 nitrogen and oxygen atoms in total. The van der Waals surface area contributed by atoms with Crippen LogP contribution in [0.1, 0.15) is 40.3 Å². The standard InChI is InChI=1S/C22H22N6O2/c1-15-24-12-16-5-11-30-22(19(16)27-15)6-9-28(10-7-22)21(29)17-13-25-20(26-14-17)18-4-2-3-8-23-18/h2-4,8,12-14H,5-7,9-11H2,1H3. The van der Waals surface area contributed by atoms with Crippen molar-refractivity contribution in [3.05, 3.63) is 65.6 Å². The number of amides is 1. The van der Waals surface area contributed by atoms with Crippen LogP contribution in [0.15, 0.2) is 43.0 Å². The number of hydrogen-bond acceptors (Lipinski definition) is 7. The van der Waals surface area contributed by atoms with Gasteiger partial charge in [0.25, 0.3) is 5.91 Å². The number of fused-ring (bicyclic) bond motifs is 2. The molecule has 5 heterocycles. The molecule has 1 spiro atoms. The van der Waals surface area contributed by atoms with Crippen LogP contribution in [0.4, 0.5) is 0 Å². The Labute approximate surface area is 174 Å². The third-order valence-corrected chi connectivity index (χ3v) is 5.82. The van der Waals surface area contributed by atoms with Crippen LogP contribution >= 0.6 is 0 Å². The number of carbonyl (C=O) groups excluding carboxylic acids is 1. The molecule has 0 bridgehead atoms. The number of ether oxygens (including phenoxy) is 1. The SMILES string of the molecule is Cc1ncc2c(n1)C1(CCN(C(=O)c3cnc(-c4ccccn4)nc3)CC1)OCC2. The summed E-state index contributed by atoms with van der Waals surface area (Å²) in [6.07, 6.45) is 9.03. The highest BCUT2D eigenvalue weighted by molar-refractivity contribution is 5.93. The van der Waals surface area contributed by atoms with Crippen molar-refractivity contribution in [1.82, 2.24) is 29.8 Å². The molecular weight excluding hydrogens is 380 g/mol. The molecule has 8 heteroatoms. The molecule has 0 unspecified atom stereocenters. The van der Waals surface area contributed by atoms with Gasteiger partial charge in [0.1, 0.15) is 17.1 Å². The summed E-state index contributed by atoms with van der Waals surface area (Å²) in [6.45, 7) is 3.76. The molecule has 2 aliphatic heterocycles. The highest BCUT2D eigenvalue weighted by Crippen LogP contribution is 2.40. The minimum atomic E-state index is -0.419. The van der Waals surface area contributed by atoms with Crippen LogP contribution < -0.4 is 0 Å². The van der Waals surface area contributed by atoms with Crippen LogP contribution in [-0.2, 0) is 16.8 Å². The lowest BCUT2D eigenvalue weighted by atomic mass is 9.83. The molecule has 1 saturated heterocycles. The molecule has 0 aromatic carbocycles. The van der Waals surface area contributed by atoms with Crippen molar-refractivity contribution >= 4 is 5.91 Å². The Hall–Kier alpha value is -3.26. The van der Waals surface area contributed by atoms with Gasteiger partial charge in [0.05, 0.1) is 17.9 Å². The molecule has 1 fully saturated rings. The molecule has 0 radical (unpaired) electrons. The predicted octanol–water partition coefficient (Wildman–Crippen LogP) is 2.34. The van der Waals surface area contributed by atoms with Gasteiger partial charge in [0.2, 0.25) is 0 Å². The van der Waals surface area contributed by atoms with Gasteiger partial charge in [0.15, 0.2) is 5.82 Å². The maximum Gasteiger partial charge on any atom is 0.256 e. The van der Waals surface area contributed by atoms with Gasteiger partial charge in [-0.15, -0.1) is 0 Å². The van der Waals surface area contributed by atoms with E-state index < -0.39 is 5.60 Å². The molecule has 3 aromatic heterocycles. The van der Waals surface area contributed by atoms with Crippen LogP contribution in [0, 0.1) is 6.92 Å². The van der Waals surface area contributed by atoms with Crippen molar-refractivity contribution in [1.29, 1.82) is 0 Å². The van der Waals surface area contributed by atoms with Crippen LogP contribution in [0.5, 0.6) is 0 Å². The zero-order valence-electron chi connectivity index (χ0n) is 16.8. The van der Waals surface area contributed by atoms with Crippen LogP contribution in [0.25, 0.3) is 11.5 Å². The molecule has 0 saturated carbocycles. The quantitative estimate of drug-likeness (QED) is 0.649. The van der Waals surface area contributed by atoms with E-state index >= 15 is 0 Å². The monoisotopic (exact) mass is 402 g/mol. The van der Waals surface area contributed by atoms with Gasteiger partial charge >= 0.3 is 0 Å². The van der Waals surface area contributed by atoms with E-state index in [4.69, 9.17) is 9.72 Å². The van der Waals surface area contributed by atoms with Crippen molar-refractivity contribution in [2.75, 3.05) is 19.7 Å². The first-order chi connectivity index (χ1) is 14.6. The summed E-state index contributed by atoms with van der Waals surface area (Å²) in [7, 11) is 0. The third kappa shape index (κ3) is 3.33. The number of aryl methyl sites for hydroxylation is 1. The van der Waals surface area contributed by atoms with E-state index in [0.29, 0.717) is 36.8 Å². The van der Waals surface area contributed by atoms with Crippen molar-refractivity contribution in [2.45, 2.75) is 31.8 Å². The number of carbonyl (C=O) groups is 1. The molecule has 5 rings (SSSR count). The summed E-state index contributed by atoms with van der Waals surface area (Å²) in [5.41, 5.74) is 2.90. The second kappa shape index (κ2) is 7.53. The third-order valence-electron chi connectivity index (χ3n) is 5.82. The number of aromatic nitrogens is 5. The fraction of sp³-hybridized carbons (Fsp3) is 0.364. The smallest absolute Gasteiger partial charge is 0.256 e. The maximum absolute atomic E-state index is 13.0. The Morgan fingerprint density at radius 3 is 2.60 bits per heavy atom. The van der Waals surface area contributed by atoms with E-state index in [2.05, 4.69) is 19.9 Å². The van der Waals surface area contributed by atoms with Crippen LogP contribution in [0.2, 0.25) is 0 Å². The molecule has 0 atom stereocenters. The highest BCUT2D eigenvalue weighted by Gasteiger charge is 2.43. The van der Waals surface area contributed by atoms with Gasteiger partial charge < -0.3 is 9.64 Å². The number of rotatable bonds is 2. The van der Waals surface area contributed by atoms with Crippen LogP contribution in [-0.4, -0.2) is 55.4 Å². The van der Waals surface area contributed by atoms with E-state index in [1.807, 2.05) is 36.2 Å². The molecule has 152 valence electrons. The average Bonchev–Trinajstić information content (AvgIpc) is 2.80. The fourth-order valence-electron chi connectivity index (χ4n) is 4.20. The lowest BCUT2D eigenvalue weighted by Crippen LogP contribution is -2.49. The molecule has 3 aromatic rings. The zero-order valence-corrected chi connectivity index (χ0v) is 16.8. The number of hydrogen-bond donors (Lipinski definition) is 0. The number of pyridine rings is 1. The summed E-state index contributed by atoms with van der Waals surface area (Å²) in [6, 6.07) is 5.56. The van der Waals surface area contributed by atoms with E-state index in [9.17, 15) is 4.79 Å². The number of nitrogens with zero attached hydrogens (tertiary/aromatic N) is 6. The molecule has 0 N–H and O–H groups in total. The first-order valence-corrected chi connectivity index (χ1v) is 10.1.